The lowest BCUT2D eigenvalue weighted by molar-refractivity contribution is 0.595. The minimum absolute atomic E-state index is 0.324. The molecule has 0 saturated heterocycles. The zero-order valence-electron chi connectivity index (χ0n) is 7.63. The van der Waals surface area contributed by atoms with Gasteiger partial charge in [-0.15, -0.1) is 0 Å². The first-order valence-corrected chi connectivity index (χ1v) is 7.46. The summed E-state index contributed by atoms with van der Waals surface area (Å²) in [6.07, 6.45) is 4.49. The van der Waals surface area contributed by atoms with Crippen molar-refractivity contribution < 1.29 is 16.8 Å². The predicted octanol–water partition coefficient (Wildman–Crippen LogP) is -1.13. The molecule has 1 unspecified atom stereocenters. The van der Waals surface area contributed by atoms with Gasteiger partial charge in [0, 0.05) is 18.7 Å². The van der Waals surface area contributed by atoms with Crippen molar-refractivity contribution in [1.29, 1.82) is 0 Å². The molecule has 1 aliphatic heterocycles. The van der Waals surface area contributed by atoms with Gasteiger partial charge in [-0.3, -0.25) is 0 Å². The van der Waals surface area contributed by atoms with Gasteiger partial charge in [0.25, 0.3) is 0 Å². The molecule has 0 aliphatic carbocycles. The largest absolute Gasteiger partial charge is 0.338 e. The number of nitrogens with one attached hydrogen (secondary N) is 1. The van der Waals surface area contributed by atoms with Crippen LogP contribution in [0.15, 0.2) is 17.3 Å². The van der Waals surface area contributed by atoms with Crippen molar-refractivity contribution in [2.45, 2.75) is 5.37 Å². The van der Waals surface area contributed by atoms with Crippen LogP contribution in [0.5, 0.6) is 0 Å². The molecule has 0 aromatic rings. The summed E-state index contributed by atoms with van der Waals surface area (Å²) in [5.74, 6) is 0. The molecule has 0 aromatic heterocycles. The van der Waals surface area contributed by atoms with Gasteiger partial charge < -0.3 is 5.32 Å². The number of aliphatic imine (C=N–C) groups is 1. The van der Waals surface area contributed by atoms with Gasteiger partial charge in [-0.1, -0.05) is 0 Å². The van der Waals surface area contributed by atoms with Crippen LogP contribution >= 0.6 is 0 Å². The Labute approximate surface area is 82.6 Å². The first kappa shape index (κ1) is 11.2. The Morgan fingerprint density at radius 2 is 1.86 bits per heavy atom. The molecule has 0 spiro atoms. The van der Waals surface area contributed by atoms with Crippen LogP contribution in [-0.2, 0) is 19.7 Å². The summed E-state index contributed by atoms with van der Waals surface area (Å²) in [6.45, 7) is 0. The van der Waals surface area contributed by atoms with E-state index >= 15 is 0 Å². The maximum absolute atomic E-state index is 11.1. The Bertz CT molecular complexity index is 486. The Balaban J connectivity index is 3.13. The van der Waals surface area contributed by atoms with Crippen LogP contribution in [0.25, 0.3) is 0 Å². The normalized spacial score (nSPS) is 22.7. The van der Waals surface area contributed by atoms with Gasteiger partial charge in [0.15, 0.2) is 15.2 Å². The summed E-state index contributed by atoms with van der Waals surface area (Å²) in [7, 11) is -6.89. The second-order valence-corrected chi connectivity index (χ2v) is 7.00. The average Bonchev–Trinajstić information content (AvgIpc) is 2.01. The van der Waals surface area contributed by atoms with E-state index in [2.05, 4.69) is 10.3 Å². The summed E-state index contributed by atoms with van der Waals surface area (Å²) in [6, 6.07) is 0. The lowest BCUT2D eigenvalue weighted by atomic mass is 10.6. The molecule has 80 valence electrons. The highest BCUT2D eigenvalue weighted by molar-refractivity contribution is 8.05. The first-order valence-electron chi connectivity index (χ1n) is 3.61. The van der Waals surface area contributed by atoms with Crippen molar-refractivity contribution in [2.24, 2.45) is 4.99 Å². The summed E-state index contributed by atoms with van der Waals surface area (Å²) in [4.78, 5) is 3.57. The highest BCUT2D eigenvalue weighted by Gasteiger charge is 2.23. The van der Waals surface area contributed by atoms with Crippen LogP contribution in [0.3, 0.4) is 0 Å². The fourth-order valence-corrected chi connectivity index (χ4v) is 2.15. The third kappa shape index (κ3) is 2.55. The molecule has 1 heterocycles. The molecule has 0 aromatic carbocycles. The van der Waals surface area contributed by atoms with E-state index in [1.165, 1.54) is 12.3 Å². The minimum atomic E-state index is -3.50. The topological polar surface area (TPSA) is 92.7 Å². The van der Waals surface area contributed by atoms with E-state index in [-0.39, 0.29) is 5.17 Å². The fourth-order valence-electron chi connectivity index (χ4n) is 0.839. The van der Waals surface area contributed by atoms with Crippen LogP contribution in [0.4, 0.5) is 0 Å². The second kappa shape index (κ2) is 3.35. The van der Waals surface area contributed by atoms with Crippen LogP contribution in [0, 0.1) is 0 Å². The third-order valence-electron chi connectivity index (χ3n) is 1.50. The molecule has 0 amide bonds. The summed E-state index contributed by atoms with van der Waals surface area (Å²) < 4.78 is 44.2. The van der Waals surface area contributed by atoms with Crippen molar-refractivity contribution in [1.82, 2.24) is 5.32 Å². The zero-order valence-corrected chi connectivity index (χ0v) is 9.26. The van der Waals surface area contributed by atoms with Crippen LogP contribution in [0.2, 0.25) is 0 Å². The summed E-state index contributed by atoms with van der Waals surface area (Å²) in [5.41, 5.74) is 0. The third-order valence-corrected chi connectivity index (χ3v) is 3.57. The highest BCUT2D eigenvalue weighted by Crippen LogP contribution is 2.07. The smallest absolute Gasteiger partial charge is 0.221 e. The molecule has 0 radical (unpaired) electrons. The van der Waals surface area contributed by atoms with Gasteiger partial charge in [0.2, 0.25) is 15.0 Å². The minimum Gasteiger partial charge on any atom is -0.338 e. The molecule has 0 bridgehead atoms. The number of rotatable bonds is 1. The Kier molecular flexibility index (Phi) is 2.68. The standard InChI is InChI=1S/C6H10N2O4S2/c1-13(9,10)5-3-4-7-6(8-5)14(2,11)12/h3-5H,1-2H3,(H,7,8). The summed E-state index contributed by atoms with van der Waals surface area (Å²) in [5, 5.41) is 0.937. The van der Waals surface area contributed by atoms with E-state index in [4.69, 9.17) is 0 Å². The Morgan fingerprint density at radius 1 is 1.29 bits per heavy atom. The Morgan fingerprint density at radius 3 is 2.29 bits per heavy atom. The molecule has 0 saturated carbocycles. The number of nitrogens with zero attached hydrogens (tertiary/aromatic N) is 1. The molecule has 14 heavy (non-hydrogen) atoms. The molecule has 0 fully saturated rings. The van der Waals surface area contributed by atoms with Crippen molar-refractivity contribution in [3.05, 3.63) is 12.3 Å². The van der Waals surface area contributed by atoms with Gasteiger partial charge in [-0.25, -0.2) is 21.8 Å². The lowest BCUT2D eigenvalue weighted by Crippen LogP contribution is -2.33. The average molecular weight is 238 g/mol. The molecule has 1 aliphatic rings. The number of hydrogen-bond donors (Lipinski definition) is 1. The van der Waals surface area contributed by atoms with Crippen molar-refractivity contribution in [3.8, 4) is 0 Å². The highest BCUT2D eigenvalue weighted by atomic mass is 32.2. The Hall–Kier alpha value is -0.890. The SMILES string of the molecule is CS(=O)(=O)C1=NC(S(C)(=O)=O)C=CN1. The quantitative estimate of drug-likeness (QED) is 0.624. The molecule has 1 atom stereocenters. The molecular weight excluding hydrogens is 228 g/mol. The summed E-state index contributed by atoms with van der Waals surface area (Å²) >= 11 is 0. The van der Waals surface area contributed by atoms with Crippen molar-refractivity contribution in [3.63, 3.8) is 0 Å². The van der Waals surface area contributed by atoms with E-state index in [0.717, 1.165) is 12.5 Å². The predicted molar refractivity (Wildman–Crippen MR) is 53.2 cm³/mol. The van der Waals surface area contributed by atoms with Gasteiger partial charge in [-0.05, 0) is 6.08 Å². The van der Waals surface area contributed by atoms with E-state index in [9.17, 15) is 16.8 Å². The van der Waals surface area contributed by atoms with Crippen molar-refractivity contribution >= 4 is 24.8 Å². The van der Waals surface area contributed by atoms with E-state index in [0.29, 0.717) is 0 Å². The van der Waals surface area contributed by atoms with Crippen LogP contribution in [0.1, 0.15) is 0 Å². The fraction of sp³-hybridized carbons (Fsp3) is 0.500. The van der Waals surface area contributed by atoms with E-state index in [1.54, 1.807) is 0 Å². The molecular formula is C6H10N2O4S2. The molecule has 6 nitrogen and oxygen atoms in total. The van der Waals surface area contributed by atoms with Gasteiger partial charge in [0.1, 0.15) is 0 Å². The van der Waals surface area contributed by atoms with E-state index in [1.807, 2.05) is 0 Å². The van der Waals surface area contributed by atoms with E-state index < -0.39 is 25.0 Å². The number of hydrogen-bond acceptors (Lipinski definition) is 6. The zero-order chi connectivity index (χ0) is 11.0. The van der Waals surface area contributed by atoms with Gasteiger partial charge in [0.05, 0.1) is 0 Å². The number of sulfone groups is 2. The monoisotopic (exact) mass is 238 g/mol. The second-order valence-electron chi connectivity index (χ2n) is 2.93. The van der Waals surface area contributed by atoms with Crippen LogP contribution < -0.4 is 5.32 Å². The first-order chi connectivity index (χ1) is 6.21. The van der Waals surface area contributed by atoms with Crippen molar-refractivity contribution in [2.75, 3.05) is 12.5 Å². The molecule has 1 rings (SSSR count). The lowest BCUT2D eigenvalue weighted by Gasteiger charge is -2.13. The number of amidine groups is 1. The maximum Gasteiger partial charge on any atom is 0.221 e. The molecule has 1 N–H and O–H groups in total. The van der Waals surface area contributed by atoms with Crippen LogP contribution in [-0.4, -0.2) is 39.9 Å². The van der Waals surface area contributed by atoms with Gasteiger partial charge in [-0.2, -0.15) is 0 Å². The van der Waals surface area contributed by atoms with Gasteiger partial charge >= 0.3 is 0 Å². The maximum atomic E-state index is 11.1. The molecule has 8 heteroatoms.